The first-order chi connectivity index (χ1) is 6.59. The Morgan fingerprint density at radius 2 is 2.29 bits per heavy atom. The maximum absolute atomic E-state index is 5.45. The van der Waals surface area contributed by atoms with Crippen LogP contribution in [-0.2, 0) is 9.47 Å². The molecule has 0 amide bonds. The molecule has 0 aromatic carbocycles. The van der Waals surface area contributed by atoms with E-state index in [1.54, 1.807) is 7.11 Å². The van der Waals surface area contributed by atoms with Crippen LogP contribution >= 0.6 is 0 Å². The smallest absolute Gasteiger partial charge is 0.0637 e. The zero-order valence-corrected chi connectivity index (χ0v) is 9.80. The lowest BCUT2D eigenvalue weighted by Crippen LogP contribution is -2.41. The highest BCUT2D eigenvalue weighted by Crippen LogP contribution is 2.24. The maximum atomic E-state index is 5.45. The summed E-state index contributed by atoms with van der Waals surface area (Å²) in [7, 11) is 3.80. The molecule has 0 spiro atoms. The molecule has 0 aromatic heterocycles. The number of rotatable bonds is 5. The van der Waals surface area contributed by atoms with Crippen LogP contribution in [0.4, 0.5) is 0 Å². The highest BCUT2D eigenvalue weighted by Gasteiger charge is 2.30. The molecule has 1 fully saturated rings. The van der Waals surface area contributed by atoms with E-state index in [1.165, 1.54) is 6.42 Å². The van der Waals surface area contributed by atoms with Crippen LogP contribution in [0, 0.1) is 5.92 Å². The number of ether oxygens (including phenoxy) is 2. The molecule has 3 heteroatoms. The summed E-state index contributed by atoms with van der Waals surface area (Å²) >= 11 is 0. The molecule has 1 aliphatic heterocycles. The summed E-state index contributed by atoms with van der Waals surface area (Å²) in [4.78, 5) is 0. The van der Waals surface area contributed by atoms with Gasteiger partial charge < -0.3 is 14.8 Å². The Balaban J connectivity index is 2.45. The van der Waals surface area contributed by atoms with Gasteiger partial charge in [0.1, 0.15) is 0 Å². The molecular formula is C11H23NO2. The van der Waals surface area contributed by atoms with E-state index in [4.69, 9.17) is 9.47 Å². The molecule has 1 N–H and O–H groups in total. The second kappa shape index (κ2) is 5.10. The third-order valence-corrected chi connectivity index (χ3v) is 3.17. The highest BCUT2D eigenvalue weighted by atomic mass is 16.5. The van der Waals surface area contributed by atoms with E-state index in [1.807, 2.05) is 7.05 Å². The Labute approximate surface area is 87.2 Å². The molecule has 84 valence electrons. The number of hydrogen-bond acceptors (Lipinski definition) is 3. The monoisotopic (exact) mass is 201 g/mol. The summed E-state index contributed by atoms with van der Waals surface area (Å²) in [6, 6.07) is 0.507. The van der Waals surface area contributed by atoms with Crippen LogP contribution < -0.4 is 5.32 Å². The van der Waals surface area contributed by atoms with Gasteiger partial charge in [-0.05, 0) is 39.7 Å². The van der Waals surface area contributed by atoms with Crippen LogP contribution in [0.1, 0.15) is 26.7 Å². The van der Waals surface area contributed by atoms with Gasteiger partial charge in [0, 0.05) is 19.8 Å². The van der Waals surface area contributed by atoms with Gasteiger partial charge in [-0.2, -0.15) is 0 Å². The van der Waals surface area contributed by atoms with Crippen molar-refractivity contribution < 1.29 is 9.47 Å². The Morgan fingerprint density at radius 3 is 2.71 bits per heavy atom. The molecule has 3 nitrogen and oxygen atoms in total. The predicted molar refractivity (Wildman–Crippen MR) is 57.5 cm³/mol. The Bertz CT molecular complexity index is 165. The zero-order valence-electron chi connectivity index (χ0n) is 9.80. The third kappa shape index (κ3) is 3.23. The van der Waals surface area contributed by atoms with E-state index in [9.17, 15) is 0 Å². The van der Waals surface area contributed by atoms with Gasteiger partial charge >= 0.3 is 0 Å². The fourth-order valence-corrected chi connectivity index (χ4v) is 1.99. The molecular weight excluding hydrogens is 178 g/mol. The normalized spacial score (nSPS) is 25.3. The summed E-state index contributed by atoms with van der Waals surface area (Å²) in [6.45, 7) is 6.07. The van der Waals surface area contributed by atoms with Gasteiger partial charge in [0.05, 0.1) is 12.2 Å². The minimum Gasteiger partial charge on any atom is -0.381 e. The minimum absolute atomic E-state index is 0.0454. The van der Waals surface area contributed by atoms with E-state index < -0.39 is 0 Å². The molecule has 1 saturated heterocycles. The van der Waals surface area contributed by atoms with Crippen molar-refractivity contribution in [3.05, 3.63) is 0 Å². The first kappa shape index (κ1) is 12.0. The molecule has 0 bridgehead atoms. The van der Waals surface area contributed by atoms with Crippen molar-refractivity contribution in [1.29, 1.82) is 0 Å². The first-order valence-corrected chi connectivity index (χ1v) is 5.39. The second-order valence-corrected chi connectivity index (χ2v) is 4.69. The zero-order chi connectivity index (χ0) is 10.6. The van der Waals surface area contributed by atoms with Crippen LogP contribution in [0.25, 0.3) is 0 Å². The molecule has 14 heavy (non-hydrogen) atoms. The summed E-state index contributed by atoms with van der Waals surface area (Å²) < 4.78 is 10.9. The van der Waals surface area contributed by atoms with Gasteiger partial charge in [-0.15, -0.1) is 0 Å². The van der Waals surface area contributed by atoms with Gasteiger partial charge in [-0.3, -0.25) is 0 Å². The molecule has 0 saturated carbocycles. The van der Waals surface area contributed by atoms with E-state index in [-0.39, 0.29) is 5.60 Å². The second-order valence-electron chi connectivity index (χ2n) is 4.69. The Morgan fingerprint density at radius 1 is 1.57 bits per heavy atom. The van der Waals surface area contributed by atoms with Crippen molar-refractivity contribution in [1.82, 2.24) is 5.32 Å². The average Bonchev–Trinajstić information content (AvgIpc) is 2.67. The van der Waals surface area contributed by atoms with Crippen LogP contribution in [0.2, 0.25) is 0 Å². The average molecular weight is 201 g/mol. The first-order valence-electron chi connectivity index (χ1n) is 5.39. The fraction of sp³-hybridized carbons (Fsp3) is 1.00. The topological polar surface area (TPSA) is 30.5 Å². The van der Waals surface area contributed by atoms with Crippen molar-refractivity contribution >= 4 is 0 Å². The standard InChI is InChI=1S/C11H23NO2/c1-11(2,13-4)7-10(12-3)9-5-6-14-8-9/h9-10,12H,5-8H2,1-4H3. The van der Waals surface area contributed by atoms with Gasteiger partial charge in [-0.25, -0.2) is 0 Å². The Kier molecular flexibility index (Phi) is 4.35. The quantitative estimate of drug-likeness (QED) is 0.730. The van der Waals surface area contributed by atoms with E-state index in [0.717, 1.165) is 19.6 Å². The predicted octanol–water partition coefficient (Wildman–Crippen LogP) is 1.43. The Hall–Kier alpha value is -0.120. The van der Waals surface area contributed by atoms with Crippen molar-refractivity contribution in [2.24, 2.45) is 5.92 Å². The van der Waals surface area contributed by atoms with E-state index in [2.05, 4.69) is 19.2 Å². The summed E-state index contributed by atoms with van der Waals surface area (Å²) in [5.74, 6) is 0.648. The van der Waals surface area contributed by atoms with Gasteiger partial charge in [-0.1, -0.05) is 0 Å². The van der Waals surface area contributed by atoms with E-state index >= 15 is 0 Å². The molecule has 1 heterocycles. The lowest BCUT2D eigenvalue weighted by Gasteiger charge is -2.31. The van der Waals surface area contributed by atoms with Gasteiger partial charge in [0.15, 0.2) is 0 Å². The molecule has 0 aliphatic carbocycles. The number of methoxy groups -OCH3 is 1. The SMILES string of the molecule is CNC(CC(C)(C)OC)C1CCOC1. The third-order valence-electron chi connectivity index (χ3n) is 3.17. The molecule has 1 aliphatic rings. The minimum atomic E-state index is -0.0454. The summed E-state index contributed by atoms with van der Waals surface area (Å²) in [5, 5.41) is 3.37. The summed E-state index contributed by atoms with van der Waals surface area (Å²) in [5.41, 5.74) is -0.0454. The van der Waals surface area contributed by atoms with Crippen LogP contribution in [-0.4, -0.2) is 39.0 Å². The molecule has 2 atom stereocenters. The van der Waals surface area contributed by atoms with Crippen LogP contribution in [0.3, 0.4) is 0 Å². The number of hydrogen-bond donors (Lipinski definition) is 1. The fourth-order valence-electron chi connectivity index (χ4n) is 1.99. The van der Waals surface area contributed by atoms with Gasteiger partial charge in [0.25, 0.3) is 0 Å². The molecule has 0 aromatic rings. The van der Waals surface area contributed by atoms with Crippen molar-refractivity contribution in [3.63, 3.8) is 0 Å². The number of nitrogens with one attached hydrogen (secondary N) is 1. The molecule has 0 radical (unpaired) electrons. The highest BCUT2D eigenvalue weighted by molar-refractivity contribution is 4.84. The molecule has 2 unspecified atom stereocenters. The molecule has 1 rings (SSSR count). The largest absolute Gasteiger partial charge is 0.381 e. The summed E-state index contributed by atoms with van der Waals surface area (Å²) in [6.07, 6.45) is 2.21. The van der Waals surface area contributed by atoms with Crippen LogP contribution in [0.15, 0.2) is 0 Å². The van der Waals surface area contributed by atoms with Crippen LogP contribution in [0.5, 0.6) is 0 Å². The van der Waals surface area contributed by atoms with Crippen molar-refractivity contribution in [3.8, 4) is 0 Å². The lowest BCUT2D eigenvalue weighted by molar-refractivity contribution is 0.00172. The maximum Gasteiger partial charge on any atom is 0.0637 e. The lowest BCUT2D eigenvalue weighted by atomic mass is 9.89. The van der Waals surface area contributed by atoms with Crippen molar-refractivity contribution in [2.75, 3.05) is 27.4 Å². The van der Waals surface area contributed by atoms with Gasteiger partial charge in [0.2, 0.25) is 0 Å². The van der Waals surface area contributed by atoms with E-state index in [0.29, 0.717) is 12.0 Å². The van der Waals surface area contributed by atoms with Crippen molar-refractivity contribution in [2.45, 2.75) is 38.3 Å².